The summed E-state index contributed by atoms with van der Waals surface area (Å²) in [5, 5.41) is 11.2. The summed E-state index contributed by atoms with van der Waals surface area (Å²) in [6.45, 7) is 1.43. The fraction of sp³-hybridized carbons (Fsp3) is 0.385. The van der Waals surface area contributed by atoms with Crippen molar-refractivity contribution < 1.29 is 32.6 Å². The zero-order chi connectivity index (χ0) is 17.8. The molecular formula is C13H14BrF3N2O4. The zero-order valence-corrected chi connectivity index (χ0v) is 13.7. The molecule has 1 atom stereocenters. The molecule has 128 valence electrons. The Morgan fingerprint density at radius 2 is 2.04 bits per heavy atom. The molecule has 1 aromatic rings. The largest absolute Gasteiger partial charge is 0.573 e. The van der Waals surface area contributed by atoms with Gasteiger partial charge in [0.15, 0.2) is 0 Å². The lowest BCUT2D eigenvalue weighted by molar-refractivity contribution is -0.274. The standard InChI is InChI=1S/C13H14BrF3N2O4/c1-7(11(20)21)6-19(2)12(22)18-8-3-4-10(9(14)5-8)23-13(15,16)17/h3-5,7H,6H2,1-2H3,(H,18,22)(H,20,21). The van der Waals surface area contributed by atoms with E-state index in [0.717, 1.165) is 11.0 Å². The number of carbonyl (C=O) groups excluding carboxylic acids is 1. The number of anilines is 1. The smallest absolute Gasteiger partial charge is 0.481 e. The van der Waals surface area contributed by atoms with Crippen LogP contribution in [0.15, 0.2) is 22.7 Å². The van der Waals surface area contributed by atoms with Crippen LogP contribution in [0.2, 0.25) is 0 Å². The summed E-state index contributed by atoms with van der Waals surface area (Å²) in [6, 6.07) is 2.94. The van der Waals surface area contributed by atoms with Crippen LogP contribution >= 0.6 is 15.9 Å². The lowest BCUT2D eigenvalue weighted by Gasteiger charge is -2.20. The van der Waals surface area contributed by atoms with Crippen molar-refractivity contribution in [3.05, 3.63) is 22.7 Å². The predicted molar refractivity (Wildman–Crippen MR) is 79.3 cm³/mol. The first-order valence-electron chi connectivity index (χ1n) is 6.30. The van der Waals surface area contributed by atoms with Crippen LogP contribution in [0.5, 0.6) is 5.75 Å². The molecular weight excluding hydrogens is 385 g/mol. The molecule has 0 fully saturated rings. The number of nitrogens with zero attached hydrogens (tertiary/aromatic N) is 1. The molecule has 0 saturated heterocycles. The number of carboxylic acids is 1. The van der Waals surface area contributed by atoms with E-state index in [2.05, 4.69) is 26.0 Å². The molecule has 0 bridgehead atoms. The van der Waals surface area contributed by atoms with Gasteiger partial charge in [0.1, 0.15) is 5.75 Å². The summed E-state index contributed by atoms with van der Waals surface area (Å²) in [6.07, 6.45) is -4.82. The molecule has 0 aromatic heterocycles. The number of urea groups is 1. The van der Waals surface area contributed by atoms with Gasteiger partial charge in [-0.2, -0.15) is 0 Å². The van der Waals surface area contributed by atoms with Crippen LogP contribution in [0.1, 0.15) is 6.92 Å². The van der Waals surface area contributed by atoms with Gasteiger partial charge >= 0.3 is 18.4 Å². The van der Waals surface area contributed by atoms with E-state index < -0.39 is 30.0 Å². The highest BCUT2D eigenvalue weighted by molar-refractivity contribution is 9.10. The van der Waals surface area contributed by atoms with Crippen molar-refractivity contribution in [3.8, 4) is 5.75 Å². The van der Waals surface area contributed by atoms with Crippen molar-refractivity contribution in [2.45, 2.75) is 13.3 Å². The van der Waals surface area contributed by atoms with Crippen LogP contribution in [0.25, 0.3) is 0 Å². The van der Waals surface area contributed by atoms with E-state index in [9.17, 15) is 22.8 Å². The second-order valence-corrected chi connectivity index (χ2v) is 5.60. The summed E-state index contributed by atoms with van der Waals surface area (Å²) in [5.41, 5.74) is 0.228. The average Bonchev–Trinajstić information content (AvgIpc) is 2.40. The number of rotatable bonds is 5. The monoisotopic (exact) mass is 398 g/mol. The highest BCUT2D eigenvalue weighted by atomic mass is 79.9. The number of hydrogen-bond donors (Lipinski definition) is 2. The summed E-state index contributed by atoms with van der Waals surface area (Å²) in [7, 11) is 1.41. The van der Waals surface area contributed by atoms with Gasteiger partial charge in [-0.3, -0.25) is 4.79 Å². The number of hydrogen-bond acceptors (Lipinski definition) is 3. The third-order valence-electron chi connectivity index (χ3n) is 2.72. The molecule has 0 radical (unpaired) electrons. The molecule has 0 saturated carbocycles. The van der Waals surface area contributed by atoms with Crippen molar-refractivity contribution in [2.24, 2.45) is 5.92 Å². The van der Waals surface area contributed by atoms with Crippen molar-refractivity contribution in [2.75, 3.05) is 18.9 Å². The third-order valence-corrected chi connectivity index (χ3v) is 3.34. The Labute approximate surface area is 138 Å². The van der Waals surface area contributed by atoms with Crippen molar-refractivity contribution in [1.29, 1.82) is 0 Å². The number of amides is 2. The van der Waals surface area contributed by atoms with Crippen molar-refractivity contribution >= 4 is 33.6 Å². The molecule has 23 heavy (non-hydrogen) atoms. The van der Waals surface area contributed by atoms with E-state index in [4.69, 9.17) is 5.11 Å². The molecule has 1 rings (SSSR count). The van der Waals surface area contributed by atoms with E-state index in [-0.39, 0.29) is 16.7 Å². The fourth-order valence-corrected chi connectivity index (χ4v) is 2.04. The van der Waals surface area contributed by atoms with E-state index in [1.54, 1.807) is 0 Å². The molecule has 1 aromatic carbocycles. The van der Waals surface area contributed by atoms with Gasteiger partial charge in [-0.15, -0.1) is 13.2 Å². The molecule has 1 unspecified atom stereocenters. The number of carbonyl (C=O) groups is 2. The number of ether oxygens (including phenoxy) is 1. The lowest BCUT2D eigenvalue weighted by Crippen LogP contribution is -2.36. The summed E-state index contributed by atoms with van der Waals surface area (Å²) < 4.78 is 40.3. The van der Waals surface area contributed by atoms with E-state index in [0.29, 0.717) is 0 Å². The maximum absolute atomic E-state index is 12.2. The van der Waals surface area contributed by atoms with Crippen molar-refractivity contribution in [1.82, 2.24) is 4.90 Å². The van der Waals surface area contributed by atoms with Crippen LogP contribution in [0.4, 0.5) is 23.7 Å². The molecule has 0 aliphatic rings. The normalized spacial score (nSPS) is 12.4. The third kappa shape index (κ3) is 6.35. The minimum atomic E-state index is -4.82. The van der Waals surface area contributed by atoms with Crippen LogP contribution in [-0.2, 0) is 4.79 Å². The second-order valence-electron chi connectivity index (χ2n) is 4.74. The Morgan fingerprint density at radius 1 is 1.43 bits per heavy atom. The van der Waals surface area contributed by atoms with E-state index in [1.807, 2.05) is 0 Å². The number of nitrogens with one attached hydrogen (secondary N) is 1. The van der Waals surface area contributed by atoms with Gasteiger partial charge in [0.05, 0.1) is 10.4 Å². The van der Waals surface area contributed by atoms with E-state index in [1.165, 1.54) is 26.1 Å². The van der Waals surface area contributed by atoms with Gasteiger partial charge in [-0.25, -0.2) is 4.79 Å². The molecule has 0 aliphatic carbocycles. The average molecular weight is 399 g/mol. The van der Waals surface area contributed by atoms with Gasteiger partial charge in [0.2, 0.25) is 0 Å². The van der Waals surface area contributed by atoms with Crippen LogP contribution in [0, 0.1) is 5.92 Å². The Balaban J connectivity index is 2.72. The second kappa shape index (κ2) is 7.53. The molecule has 0 heterocycles. The number of aliphatic carboxylic acids is 1. The number of halogens is 4. The summed E-state index contributed by atoms with van der Waals surface area (Å²) in [4.78, 5) is 23.8. The molecule has 2 N–H and O–H groups in total. The Kier molecular flexibility index (Phi) is 6.25. The quantitative estimate of drug-likeness (QED) is 0.794. The Morgan fingerprint density at radius 3 is 2.52 bits per heavy atom. The molecule has 6 nitrogen and oxygen atoms in total. The first kappa shape index (κ1) is 19.1. The van der Waals surface area contributed by atoms with Crippen molar-refractivity contribution in [3.63, 3.8) is 0 Å². The number of benzene rings is 1. The predicted octanol–water partition coefficient (Wildman–Crippen LogP) is 3.53. The Hall–Kier alpha value is -1.97. The molecule has 2 amide bonds. The highest BCUT2D eigenvalue weighted by Gasteiger charge is 2.32. The summed E-state index contributed by atoms with van der Waals surface area (Å²) in [5.74, 6) is -2.23. The number of alkyl halides is 3. The van der Waals surface area contributed by atoms with Gasteiger partial charge < -0.3 is 20.1 Å². The van der Waals surface area contributed by atoms with Gasteiger partial charge in [0.25, 0.3) is 0 Å². The molecule has 10 heteroatoms. The van der Waals surface area contributed by atoms with Gasteiger partial charge in [-0.1, -0.05) is 6.92 Å². The molecule has 0 spiro atoms. The first-order valence-corrected chi connectivity index (χ1v) is 7.09. The van der Waals surface area contributed by atoms with E-state index >= 15 is 0 Å². The van der Waals surface area contributed by atoms with Gasteiger partial charge in [0, 0.05) is 19.3 Å². The minimum Gasteiger partial charge on any atom is -0.481 e. The lowest BCUT2D eigenvalue weighted by atomic mass is 10.2. The fourth-order valence-electron chi connectivity index (χ4n) is 1.58. The first-order chi connectivity index (χ1) is 10.5. The minimum absolute atomic E-state index is 0.00850. The topological polar surface area (TPSA) is 78.9 Å². The van der Waals surface area contributed by atoms with Crippen LogP contribution < -0.4 is 10.1 Å². The van der Waals surface area contributed by atoms with Gasteiger partial charge in [-0.05, 0) is 34.1 Å². The number of carboxylic acid groups (broad SMARTS) is 1. The maximum atomic E-state index is 12.2. The Bertz CT molecular complexity index is 595. The van der Waals surface area contributed by atoms with Crippen LogP contribution in [0.3, 0.4) is 0 Å². The zero-order valence-electron chi connectivity index (χ0n) is 12.1. The SMILES string of the molecule is CC(CN(C)C(=O)Nc1ccc(OC(F)(F)F)c(Br)c1)C(=O)O. The summed E-state index contributed by atoms with van der Waals surface area (Å²) >= 11 is 2.92. The highest BCUT2D eigenvalue weighted by Crippen LogP contribution is 2.32. The van der Waals surface area contributed by atoms with Crippen LogP contribution in [-0.4, -0.2) is 42.0 Å². The maximum Gasteiger partial charge on any atom is 0.573 e. The molecule has 0 aliphatic heterocycles.